The van der Waals surface area contributed by atoms with E-state index in [1.54, 1.807) is 45.8 Å². The predicted molar refractivity (Wildman–Crippen MR) is 97.9 cm³/mol. The van der Waals surface area contributed by atoms with E-state index in [2.05, 4.69) is 20.3 Å². The molecule has 0 unspecified atom stereocenters. The number of hydrogen-bond donors (Lipinski definition) is 1. The van der Waals surface area contributed by atoms with E-state index < -0.39 is 0 Å². The number of anilines is 2. The average Bonchev–Trinajstić information content (AvgIpc) is 3.40. The summed E-state index contributed by atoms with van der Waals surface area (Å²) in [4.78, 5) is 40.8. The first kappa shape index (κ1) is 17.2. The lowest BCUT2D eigenvalue weighted by atomic mass is 10.2. The van der Waals surface area contributed by atoms with E-state index in [0.29, 0.717) is 48.7 Å². The Morgan fingerprint density at radius 3 is 2.41 bits per heavy atom. The third kappa shape index (κ3) is 3.80. The molecular weight excluding hydrogens is 368 g/mol. The fraction of sp³-hybridized carbons (Fsp3) is 0.235. The number of aromatic nitrogens is 3. The average molecular weight is 384 g/mol. The summed E-state index contributed by atoms with van der Waals surface area (Å²) in [5.74, 6) is 0.428. The van der Waals surface area contributed by atoms with Gasteiger partial charge in [0.05, 0.1) is 6.26 Å². The molecule has 0 aromatic carbocycles. The minimum atomic E-state index is -0.157. The first-order valence-corrected chi connectivity index (χ1v) is 9.20. The highest BCUT2D eigenvalue weighted by Gasteiger charge is 2.27. The number of furan rings is 1. The molecule has 0 bridgehead atoms. The Labute approximate surface area is 158 Å². The molecule has 1 N–H and O–H groups in total. The molecule has 0 aliphatic carbocycles. The maximum atomic E-state index is 12.7. The molecular formula is C17H16N6O3S. The van der Waals surface area contributed by atoms with Crippen molar-refractivity contribution in [3.63, 3.8) is 0 Å². The summed E-state index contributed by atoms with van der Waals surface area (Å²) in [6.07, 6.45) is 4.72. The summed E-state index contributed by atoms with van der Waals surface area (Å²) >= 11 is 1.31. The summed E-state index contributed by atoms with van der Waals surface area (Å²) in [6, 6.07) is 5.04. The molecule has 1 aliphatic rings. The van der Waals surface area contributed by atoms with Crippen LogP contribution in [0, 0.1) is 0 Å². The molecule has 0 radical (unpaired) electrons. The molecule has 2 amide bonds. The zero-order valence-corrected chi connectivity index (χ0v) is 15.1. The van der Waals surface area contributed by atoms with Gasteiger partial charge in [0.25, 0.3) is 11.8 Å². The maximum absolute atomic E-state index is 12.7. The molecule has 9 nitrogen and oxygen atoms in total. The molecule has 0 atom stereocenters. The third-order valence-electron chi connectivity index (χ3n) is 4.09. The highest BCUT2D eigenvalue weighted by Crippen LogP contribution is 2.20. The van der Waals surface area contributed by atoms with Gasteiger partial charge in [0.1, 0.15) is 5.69 Å². The van der Waals surface area contributed by atoms with Gasteiger partial charge in [0.2, 0.25) is 5.95 Å². The fourth-order valence-electron chi connectivity index (χ4n) is 2.72. The number of thiazole rings is 1. The van der Waals surface area contributed by atoms with Gasteiger partial charge in [-0.25, -0.2) is 15.0 Å². The Bertz CT molecular complexity index is 919. The van der Waals surface area contributed by atoms with Crippen molar-refractivity contribution in [1.29, 1.82) is 0 Å². The van der Waals surface area contributed by atoms with Crippen LogP contribution in [0.5, 0.6) is 0 Å². The van der Waals surface area contributed by atoms with Crippen LogP contribution in [0.2, 0.25) is 0 Å². The lowest BCUT2D eigenvalue weighted by Gasteiger charge is -2.33. The number of carbonyl (C=O) groups excluding carboxylic acids is 2. The molecule has 1 saturated heterocycles. The second kappa shape index (κ2) is 7.54. The summed E-state index contributed by atoms with van der Waals surface area (Å²) in [5.41, 5.74) is 0.365. The van der Waals surface area contributed by atoms with Crippen LogP contribution in [0.4, 0.5) is 11.1 Å². The minimum absolute atomic E-state index is 0.154. The summed E-state index contributed by atoms with van der Waals surface area (Å²) in [7, 11) is 0. The van der Waals surface area contributed by atoms with Crippen LogP contribution in [0.3, 0.4) is 0 Å². The Morgan fingerprint density at radius 1 is 1.04 bits per heavy atom. The Kier molecular flexibility index (Phi) is 4.79. The van der Waals surface area contributed by atoms with E-state index in [0.717, 1.165) is 0 Å². The summed E-state index contributed by atoms with van der Waals surface area (Å²) < 4.78 is 5.15. The van der Waals surface area contributed by atoms with Crippen LogP contribution < -0.4 is 5.32 Å². The molecule has 0 spiro atoms. The molecule has 0 saturated carbocycles. The summed E-state index contributed by atoms with van der Waals surface area (Å²) in [5, 5.41) is 5.23. The molecule has 1 aliphatic heterocycles. The van der Waals surface area contributed by atoms with Crippen molar-refractivity contribution in [1.82, 2.24) is 24.8 Å². The Hall–Kier alpha value is -3.27. The number of amides is 2. The van der Waals surface area contributed by atoms with Crippen molar-refractivity contribution >= 4 is 34.2 Å². The van der Waals surface area contributed by atoms with Gasteiger partial charge in [-0.3, -0.25) is 9.59 Å². The molecule has 138 valence electrons. The van der Waals surface area contributed by atoms with E-state index in [1.807, 2.05) is 0 Å². The van der Waals surface area contributed by atoms with Gasteiger partial charge in [0.15, 0.2) is 10.9 Å². The van der Waals surface area contributed by atoms with Crippen LogP contribution in [0.1, 0.15) is 21.0 Å². The van der Waals surface area contributed by atoms with Gasteiger partial charge in [-0.2, -0.15) is 0 Å². The van der Waals surface area contributed by atoms with Crippen molar-refractivity contribution in [2.45, 2.75) is 0 Å². The van der Waals surface area contributed by atoms with Gasteiger partial charge >= 0.3 is 0 Å². The molecule has 4 rings (SSSR count). The normalized spacial score (nSPS) is 14.2. The number of hydrogen-bond acceptors (Lipinski definition) is 8. The lowest BCUT2D eigenvalue weighted by molar-refractivity contribution is 0.0515. The van der Waals surface area contributed by atoms with Gasteiger partial charge in [-0.1, -0.05) is 0 Å². The first-order chi connectivity index (χ1) is 13.2. The standard InChI is InChI=1S/C17H16N6O3S/c24-14(12-11-27-17(20-12)21-16-18-4-2-5-19-16)22-6-8-23(9-7-22)15(25)13-3-1-10-26-13/h1-5,10-11H,6-9H2,(H,18,19,20,21). The topological polar surface area (TPSA) is 104 Å². The van der Waals surface area contributed by atoms with Crippen LogP contribution in [0.25, 0.3) is 0 Å². The highest BCUT2D eigenvalue weighted by atomic mass is 32.1. The van der Waals surface area contributed by atoms with E-state index in [1.165, 1.54) is 17.6 Å². The molecule has 4 heterocycles. The van der Waals surface area contributed by atoms with Crippen molar-refractivity contribution in [3.05, 3.63) is 53.7 Å². The zero-order chi connectivity index (χ0) is 18.6. The minimum Gasteiger partial charge on any atom is -0.459 e. The molecule has 27 heavy (non-hydrogen) atoms. The Morgan fingerprint density at radius 2 is 1.74 bits per heavy atom. The van der Waals surface area contributed by atoms with Crippen LogP contribution in [0.15, 0.2) is 46.7 Å². The van der Waals surface area contributed by atoms with Crippen LogP contribution in [-0.4, -0.2) is 62.7 Å². The van der Waals surface area contributed by atoms with Crippen molar-refractivity contribution in [3.8, 4) is 0 Å². The van der Waals surface area contributed by atoms with Crippen molar-refractivity contribution in [2.75, 3.05) is 31.5 Å². The zero-order valence-electron chi connectivity index (χ0n) is 14.2. The van der Waals surface area contributed by atoms with E-state index in [4.69, 9.17) is 4.42 Å². The number of nitrogens with zero attached hydrogens (tertiary/aromatic N) is 5. The van der Waals surface area contributed by atoms with Gasteiger partial charge in [-0.15, -0.1) is 11.3 Å². The van der Waals surface area contributed by atoms with Gasteiger partial charge in [0, 0.05) is 44.0 Å². The van der Waals surface area contributed by atoms with E-state index >= 15 is 0 Å². The highest BCUT2D eigenvalue weighted by molar-refractivity contribution is 7.14. The molecule has 3 aromatic heterocycles. The maximum Gasteiger partial charge on any atom is 0.289 e. The quantitative estimate of drug-likeness (QED) is 0.732. The smallest absolute Gasteiger partial charge is 0.289 e. The van der Waals surface area contributed by atoms with Crippen molar-refractivity contribution in [2.24, 2.45) is 0 Å². The summed E-state index contributed by atoms with van der Waals surface area (Å²) in [6.45, 7) is 1.82. The van der Waals surface area contributed by atoms with Crippen LogP contribution in [-0.2, 0) is 0 Å². The number of carbonyl (C=O) groups is 2. The van der Waals surface area contributed by atoms with Crippen LogP contribution >= 0.6 is 11.3 Å². The fourth-order valence-corrected chi connectivity index (χ4v) is 3.40. The third-order valence-corrected chi connectivity index (χ3v) is 4.85. The van der Waals surface area contributed by atoms with Crippen molar-refractivity contribution < 1.29 is 14.0 Å². The number of nitrogens with one attached hydrogen (secondary N) is 1. The second-order valence-electron chi connectivity index (χ2n) is 5.80. The molecule has 10 heteroatoms. The monoisotopic (exact) mass is 384 g/mol. The lowest BCUT2D eigenvalue weighted by Crippen LogP contribution is -2.50. The second-order valence-corrected chi connectivity index (χ2v) is 6.66. The first-order valence-electron chi connectivity index (χ1n) is 8.32. The number of rotatable bonds is 4. The Balaban J connectivity index is 1.35. The number of piperazine rings is 1. The van der Waals surface area contributed by atoms with E-state index in [9.17, 15) is 9.59 Å². The largest absolute Gasteiger partial charge is 0.459 e. The molecule has 3 aromatic rings. The predicted octanol–water partition coefficient (Wildman–Crippen LogP) is 1.87. The SMILES string of the molecule is O=C(c1csc(Nc2ncccn2)n1)N1CCN(C(=O)c2ccco2)CC1. The van der Waals surface area contributed by atoms with Gasteiger partial charge < -0.3 is 19.5 Å². The molecule has 1 fully saturated rings. The van der Waals surface area contributed by atoms with E-state index in [-0.39, 0.29) is 11.8 Å². The van der Waals surface area contributed by atoms with Gasteiger partial charge in [-0.05, 0) is 18.2 Å².